The highest BCUT2D eigenvalue weighted by Gasteiger charge is 2.24. The van der Waals surface area contributed by atoms with E-state index in [1.807, 2.05) is 36.9 Å². The molecule has 5 nitrogen and oxygen atoms in total. The highest BCUT2D eigenvalue weighted by Crippen LogP contribution is 2.07. The van der Waals surface area contributed by atoms with Gasteiger partial charge in [-0.25, -0.2) is 0 Å². The fraction of sp³-hybridized carbons (Fsp3) is 0.500. The minimum atomic E-state index is -0.0481. The highest BCUT2D eigenvalue weighted by molar-refractivity contribution is 5.84. The van der Waals surface area contributed by atoms with E-state index in [4.69, 9.17) is 0 Å². The molecule has 0 aliphatic carbocycles. The van der Waals surface area contributed by atoms with Crippen LogP contribution < -0.4 is 0 Å². The molecule has 0 unspecified atom stereocenters. The third kappa shape index (κ3) is 6.02. The van der Waals surface area contributed by atoms with Gasteiger partial charge >= 0.3 is 0 Å². The zero-order chi connectivity index (χ0) is 18.2. The fourth-order valence-corrected chi connectivity index (χ4v) is 2.99. The average Bonchev–Trinajstić information content (AvgIpc) is 2.60. The molecule has 2 rings (SSSR count). The quantitative estimate of drug-likeness (QED) is 0.794. The smallest absolute Gasteiger partial charge is 0.242 e. The minimum Gasteiger partial charge on any atom is -0.339 e. The molecule has 0 saturated carbocycles. The molecule has 0 bridgehead atoms. The van der Waals surface area contributed by atoms with Crippen LogP contribution in [0.2, 0.25) is 0 Å². The molecule has 1 heterocycles. The molecule has 0 N–H and O–H groups in total. The van der Waals surface area contributed by atoms with Gasteiger partial charge < -0.3 is 9.80 Å². The molecule has 136 valence electrons. The van der Waals surface area contributed by atoms with E-state index >= 15 is 0 Å². The molecule has 0 atom stereocenters. The first-order valence-corrected chi connectivity index (χ1v) is 8.96. The number of carbonyl (C=O) groups is 2. The van der Waals surface area contributed by atoms with Crippen LogP contribution in [0.1, 0.15) is 26.3 Å². The topological polar surface area (TPSA) is 43.9 Å². The number of benzene rings is 1. The number of nitrogens with zero attached hydrogens (tertiary/aromatic N) is 3. The van der Waals surface area contributed by atoms with Gasteiger partial charge in [-0.15, -0.1) is 0 Å². The Morgan fingerprint density at radius 3 is 2.32 bits per heavy atom. The molecule has 1 aromatic rings. The van der Waals surface area contributed by atoms with E-state index in [0.717, 1.165) is 32.7 Å². The molecule has 25 heavy (non-hydrogen) atoms. The fourth-order valence-electron chi connectivity index (χ4n) is 2.99. The third-order valence-corrected chi connectivity index (χ3v) is 4.53. The largest absolute Gasteiger partial charge is 0.339 e. The van der Waals surface area contributed by atoms with Gasteiger partial charge in [0.15, 0.2) is 0 Å². The van der Waals surface area contributed by atoms with Crippen molar-refractivity contribution in [3.05, 3.63) is 42.0 Å². The SMILES string of the molecule is CC(=O)N(CC(=O)N1CCN(C/C=C/c2ccccc2)CC1)C(C)C. The molecule has 1 aromatic carbocycles. The van der Waals surface area contributed by atoms with Crippen molar-refractivity contribution in [2.75, 3.05) is 39.3 Å². The van der Waals surface area contributed by atoms with Crippen molar-refractivity contribution in [2.45, 2.75) is 26.8 Å². The lowest BCUT2D eigenvalue weighted by molar-refractivity contribution is -0.141. The minimum absolute atomic E-state index is 0.0448. The first-order chi connectivity index (χ1) is 12.0. The normalized spacial score (nSPS) is 15.8. The van der Waals surface area contributed by atoms with Gasteiger partial charge in [0.25, 0.3) is 0 Å². The van der Waals surface area contributed by atoms with Gasteiger partial charge in [-0.2, -0.15) is 0 Å². The molecule has 2 amide bonds. The Labute approximate surface area is 150 Å². The lowest BCUT2D eigenvalue weighted by atomic mass is 10.2. The summed E-state index contributed by atoms with van der Waals surface area (Å²) in [7, 11) is 0. The molecule has 5 heteroatoms. The summed E-state index contributed by atoms with van der Waals surface area (Å²) in [5, 5.41) is 0. The molecule has 0 aromatic heterocycles. The van der Waals surface area contributed by atoms with Crippen LogP contribution >= 0.6 is 0 Å². The summed E-state index contributed by atoms with van der Waals surface area (Å²) in [5.41, 5.74) is 1.20. The van der Waals surface area contributed by atoms with Crippen molar-refractivity contribution in [1.82, 2.24) is 14.7 Å². The third-order valence-electron chi connectivity index (χ3n) is 4.53. The van der Waals surface area contributed by atoms with E-state index in [2.05, 4.69) is 29.2 Å². The van der Waals surface area contributed by atoms with Crippen LogP contribution in [0.25, 0.3) is 6.08 Å². The first-order valence-electron chi connectivity index (χ1n) is 8.96. The Hall–Kier alpha value is -2.14. The summed E-state index contributed by atoms with van der Waals surface area (Å²) in [5.74, 6) is -0.00332. The maximum atomic E-state index is 12.4. The van der Waals surface area contributed by atoms with Crippen molar-refractivity contribution in [3.63, 3.8) is 0 Å². The number of piperazine rings is 1. The number of carbonyl (C=O) groups excluding carboxylic acids is 2. The molecule has 0 radical (unpaired) electrons. The first kappa shape index (κ1) is 19.2. The molecule has 1 aliphatic heterocycles. The van der Waals surface area contributed by atoms with Gasteiger partial charge in [-0.1, -0.05) is 42.5 Å². The molecule has 1 aliphatic rings. The summed E-state index contributed by atoms with van der Waals surface area (Å²) in [6.45, 7) is 9.65. The Kier molecular flexibility index (Phi) is 7.19. The van der Waals surface area contributed by atoms with E-state index in [1.165, 1.54) is 12.5 Å². The van der Waals surface area contributed by atoms with Crippen LogP contribution in [0.4, 0.5) is 0 Å². The van der Waals surface area contributed by atoms with Crippen LogP contribution in [0.15, 0.2) is 36.4 Å². The van der Waals surface area contributed by atoms with Crippen molar-refractivity contribution in [1.29, 1.82) is 0 Å². The Bertz CT molecular complexity index is 590. The Morgan fingerprint density at radius 2 is 1.76 bits per heavy atom. The predicted octanol–water partition coefficient (Wildman–Crippen LogP) is 2.10. The van der Waals surface area contributed by atoms with Gasteiger partial charge in [-0.3, -0.25) is 14.5 Å². The van der Waals surface area contributed by atoms with E-state index < -0.39 is 0 Å². The molecular formula is C20H29N3O2. The van der Waals surface area contributed by atoms with E-state index in [-0.39, 0.29) is 24.4 Å². The number of rotatable bonds is 6. The lowest BCUT2D eigenvalue weighted by Gasteiger charge is -2.36. The van der Waals surface area contributed by atoms with Crippen molar-refractivity contribution in [2.24, 2.45) is 0 Å². The van der Waals surface area contributed by atoms with Crippen molar-refractivity contribution >= 4 is 17.9 Å². The van der Waals surface area contributed by atoms with Gasteiger partial charge in [0.05, 0.1) is 6.54 Å². The van der Waals surface area contributed by atoms with Crippen molar-refractivity contribution < 1.29 is 9.59 Å². The van der Waals surface area contributed by atoms with Gasteiger partial charge in [-0.05, 0) is 19.4 Å². The summed E-state index contributed by atoms with van der Waals surface area (Å²) in [6.07, 6.45) is 4.30. The summed E-state index contributed by atoms with van der Waals surface area (Å²) < 4.78 is 0. The second-order valence-corrected chi connectivity index (χ2v) is 6.74. The maximum Gasteiger partial charge on any atom is 0.242 e. The van der Waals surface area contributed by atoms with Crippen LogP contribution in [0, 0.1) is 0 Å². The maximum absolute atomic E-state index is 12.4. The average molecular weight is 343 g/mol. The Morgan fingerprint density at radius 1 is 1.12 bits per heavy atom. The van der Waals surface area contributed by atoms with Crippen LogP contribution in [0.5, 0.6) is 0 Å². The van der Waals surface area contributed by atoms with Gasteiger partial charge in [0.2, 0.25) is 11.8 Å². The van der Waals surface area contributed by atoms with Crippen LogP contribution in [-0.2, 0) is 9.59 Å². The number of hydrogen-bond donors (Lipinski definition) is 0. The zero-order valence-corrected chi connectivity index (χ0v) is 15.5. The second kappa shape index (κ2) is 9.37. The van der Waals surface area contributed by atoms with Crippen LogP contribution in [0.3, 0.4) is 0 Å². The van der Waals surface area contributed by atoms with E-state index in [0.29, 0.717) is 0 Å². The van der Waals surface area contributed by atoms with Gasteiger partial charge in [0, 0.05) is 45.7 Å². The predicted molar refractivity (Wildman–Crippen MR) is 101 cm³/mol. The standard InChI is InChI=1S/C20H29N3O2/c1-17(2)23(18(3)24)16-20(25)22-14-12-21(13-15-22)11-7-10-19-8-5-4-6-9-19/h4-10,17H,11-16H2,1-3H3/b10-7+. The second-order valence-electron chi connectivity index (χ2n) is 6.74. The Balaban J connectivity index is 1.76. The summed E-state index contributed by atoms with van der Waals surface area (Å²) in [6, 6.07) is 10.3. The number of hydrogen-bond acceptors (Lipinski definition) is 3. The van der Waals surface area contributed by atoms with Crippen LogP contribution in [-0.4, -0.2) is 71.8 Å². The molecule has 1 saturated heterocycles. The number of amides is 2. The molecule has 1 fully saturated rings. The van der Waals surface area contributed by atoms with Crippen molar-refractivity contribution in [3.8, 4) is 0 Å². The zero-order valence-electron chi connectivity index (χ0n) is 15.5. The monoisotopic (exact) mass is 343 g/mol. The lowest BCUT2D eigenvalue weighted by Crippen LogP contribution is -2.52. The molecule has 0 spiro atoms. The highest BCUT2D eigenvalue weighted by atomic mass is 16.2. The van der Waals surface area contributed by atoms with E-state index in [1.54, 1.807) is 4.90 Å². The van der Waals surface area contributed by atoms with Gasteiger partial charge in [0.1, 0.15) is 0 Å². The summed E-state index contributed by atoms with van der Waals surface area (Å²) >= 11 is 0. The molecular weight excluding hydrogens is 314 g/mol. The summed E-state index contributed by atoms with van der Waals surface area (Å²) in [4.78, 5) is 29.9. The van der Waals surface area contributed by atoms with E-state index in [9.17, 15) is 9.59 Å².